The molecule has 0 aromatic rings. The van der Waals surface area contributed by atoms with Crippen LogP contribution in [0.1, 0.15) is 39.0 Å². The molecule has 0 aromatic heterocycles. The molecular weight excluding hydrogens is 196 g/mol. The summed E-state index contributed by atoms with van der Waals surface area (Å²) in [6, 6.07) is 0. The number of carboxylic acid groups (broad SMARTS) is 1. The van der Waals surface area contributed by atoms with E-state index >= 15 is 0 Å². The van der Waals surface area contributed by atoms with E-state index in [9.17, 15) is 4.79 Å². The molecular formula is C11H20O4. The van der Waals surface area contributed by atoms with Crippen LogP contribution in [0.2, 0.25) is 0 Å². The van der Waals surface area contributed by atoms with Crippen molar-refractivity contribution in [3.05, 3.63) is 0 Å². The standard InChI is InChI=1S/C11H20O4/c1-2-3-4-5-6-10-14-7-9(8-15-10)11(12)13/h9-10H,2-8H2,1H3,(H,12,13). The number of rotatable bonds is 6. The van der Waals surface area contributed by atoms with Gasteiger partial charge in [-0.15, -0.1) is 0 Å². The van der Waals surface area contributed by atoms with Crippen molar-refractivity contribution in [3.8, 4) is 0 Å². The Balaban J connectivity index is 2.07. The first-order chi connectivity index (χ1) is 7.24. The molecule has 0 unspecified atom stereocenters. The van der Waals surface area contributed by atoms with Gasteiger partial charge in [-0.25, -0.2) is 0 Å². The minimum atomic E-state index is -0.834. The third-order valence-electron chi connectivity index (χ3n) is 2.61. The van der Waals surface area contributed by atoms with Crippen LogP contribution in [0.25, 0.3) is 0 Å². The van der Waals surface area contributed by atoms with Crippen molar-refractivity contribution in [2.75, 3.05) is 13.2 Å². The van der Waals surface area contributed by atoms with Gasteiger partial charge in [0.15, 0.2) is 6.29 Å². The molecule has 1 aliphatic heterocycles. The van der Waals surface area contributed by atoms with Gasteiger partial charge in [0.2, 0.25) is 0 Å². The van der Waals surface area contributed by atoms with E-state index in [0.717, 1.165) is 12.8 Å². The summed E-state index contributed by atoms with van der Waals surface area (Å²) in [6.45, 7) is 2.74. The molecule has 0 atom stereocenters. The molecule has 1 aliphatic rings. The van der Waals surface area contributed by atoms with E-state index in [2.05, 4.69) is 6.92 Å². The molecule has 1 N–H and O–H groups in total. The van der Waals surface area contributed by atoms with Gasteiger partial charge in [-0.1, -0.05) is 26.2 Å². The molecule has 0 aliphatic carbocycles. The highest BCUT2D eigenvalue weighted by atomic mass is 16.7. The molecule has 1 saturated heterocycles. The lowest BCUT2D eigenvalue weighted by Crippen LogP contribution is -2.36. The number of ether oxygens (including phenoxy) is 2. The Morgan fingerprint density at radius 2 is 1.93 bits per heavy atom. The minimum Gasteiger partial charge on any atom is -0.481 e. The number of unbranched alkanes of at least 4 members (excludes halogenated alkanes) is 3. The minimum absolute atomic E-state index is 0.183. The van der Waals surface area contributed by atoms with Gasteiger partial charge in [0.05, 0.1) is 13.2 Å². The summed E-state index contributed by atoms with van der Waals surface area (Å²) in [7, 11) is 0. The summed E-state index contributed by atoms with van der Waals surface area (Å²) >= 11 is 0. The fourth-order valence-electron chi connectivity index (χ4n) is 1.59. The molecule has 0 amide bonds. The predicted octanol–water partition coefficient (Wildman–Crippen LogP) is 2.03. The predicted molar refractivity (Wildman–Crippen MR) is 55.6 cm³/mol. The summed E-state index contributed by atoms with van der Waals surface area (Å²) in [6.07, 6.45) is 5.44. The largest absolute Gasteiger partial charge is 0.481 e. The van der Waals surface area contributed by atoms with Crippen molar-refractivity contribution >= 4 is 5.97 Å². The molecule has 0 saturated carbocycles. The summed E-state index contributed by atoms with van der Waals surface area (Å²) < 4.78 is 10.7. The number of aliphatic carboxylic acids is 1. The van der Waals surface area contributed by atoms with E-state index in [1.807, 2.05) is 0 Å². The second kappa shape index (κ2) is 6.80. The van der Waals surface area contributed by atoms with Crippen LogP contribution in [0, 0.1) is 5.92 Å². The highest BCUT2D eigenvalue weighted by Crippen LogP contribution is 2.16. The number of hydrogen-bond acceptors (Lipinski definition) is 3. The lowest BCUT2D eigenvalue weighted by molar-refractivity contribution is -0.209. The molecule has 0 aromatic carbocycles. The third-order valence-corrected chi connectivity index (χ3v) is 2.61. The van der Waals surface area contributed by atoms with Crippen LogP contribution in [0.4, 0.5) is 0 Å². The van der Waals surface area contributed by atoms with E-state index in [1.54, 1.807) is 0 Å². The Morgan fingerprint density at radius 1 is 1.27 bits per heavy atom. The van der Waals surface area contributed by atoms with Gasteiger partial charge >= 0.3 is 5.97 Å². The highest BCUT2D eigenvalue weighted by molar-refractivity contribution is 5.70. The topological polar surface area (TPSA) is 55.8 Å². The monoisotopic (exact) mass is 216 g/mol. The van der Waals surface area contributed by atoms with E-state index in [4.69, 9.17) is 14.6 Å². The number of hydrogen-bond donors (Lipinski definition) is 1. The molecule has 4 heteroatoms. The Labute approximate surface area is 90.6 Å². The first-order valence-electron chi connectivity index (χ1n) is 5.70. The molecule has 0 spiro atoms. The van der Waals surface area contributed by atoms with E-state index < -0.39 is 11.9 Å². The Hall–Kier alpha value is -0.610. The fourth-order valence-corrected chi connectivity index (χ4v) is 1.59. The first-order valence-corrected chi connectivity index (χ1v) is 5.70. The van der Waals surface area contributed by atoms with Crippen molar-refractivity contribution in [1.29, 1.82) is 0 Å². The maximum absolute atomic E-state index is 10.6. The summed E-state index contributed by atoms with van der Waals surface area (Å²) in [4.78, 5) is 10.6. The van der Waals surface area contributed by atoms with Gasteiger partial charge in [-0.3, -0.25) is 4.79 Å². The van der Waals surface area contributed by atoms with E-state index in [-0.39, 0.29) is 19.5 Å². The van der Waals surface area contributed by atoms with Crippen LogP contribution in [-0.4, -0.2) is 30.6 Å². The molecule has 88 valence electrons. The molecule has 1 rings (SSSR count). The molecule has 1 fully saturated rings. The maximum atomic E-state index is 10.6. The zero-order chi connectivity index (χ0) is 11.1. The normalized spacial score (nSPS) is 26.5. The second-order valence-corrected chi connectivity index (χ2v) is 3.98. The fraction of sp³-hybridized carbons (Fsp3) is 0.909. The maximum Gasteiger partial charge on any atom is 0.311 e. The Bertz CT molecular complexity index is 185. The van der Waals surface area contributed by atoms with Gasteiger partial charge in [-0.05, 0) is 12.8 Å². The molecule has 15 heavy (non-hydrogen) atoms. The van der Waals surface area contributed by atoms with Crippen molar-refractivity contribution in [3.63, 3.8) is 0 Å². The van der Waals surface area contributed by atoms with Gasteiger partial charge in [0.1, 0.15) is 5.92 Å². The summed E-state index contributed by atoms with van der Waals surface area (Å²) in [5.74, 6) is -1.32. The van der Waals surface area contributed by atoms with Crippen LogP contribution in [0.5, 0.6) is 0 Å². The summed E-state index contributed by atoms with van der Waals surface area (Å²) in [5.41, 5.74) is 0. The number of carboxylic acids is 1. The zero-order valence-electron chi connectivity index (χ0n) is 9.28. The van der Waals surface area contributed by atoms with E-state index in [1.165, 1.54) is 19.3 Å². The van der Waals surface area contributed by atoms with Gasteiger partial charge in [0, 0.05) is 0 Å². The van der Waals surface area contributed by atoms with E-state index in [0.29, 0.717) is 0 Å². The first kappa shape index (κ1) is 12.5. The third kappa shape index (κ3) is 4.62. The molecule has 1 heterocycles. The Kier molecular flexibility index (Phi) is 5.65. The number of carbonyl (C=O) groups is 1. The van der Waals surface area contributed by atoms with Crippen LogP contribution in [-0.2, 0) is 14.3 Å². The van der Waals surface area contributed by atoms with Gasteiger partial charge in [0.25, 0.3) is 0 Å². The van der Waals surface area contributed by atoms with Crippen LogP contribution >= 0.6 is 0 Å². The van der Waals surface area contributed by atoms with Crippen LogP contribution in [0.3, 0.4) is 0 Å². The smallest absolute Gasteiger partial charge is 0.311 e. The average molecular weight is 216 g/mol. The van der Waals surface area contributed by atoms with Crippen molar-refractivity contribution in [2.24, 2.45) is 5.92 Å². The lowest BCUT2D eigenvalue weighted by Gasteiger charge is -2.27. The highest BCUT2D eigenvalue weighted by Gasteiger charge is 2.26. The molecule has 0 radical (unpaired) electrons. The van der Waals surface area contributed by atoms with Crippen molar-refractivity contribution < 1.29 is 19.4 Å². The van der Waals surface area contributed by atoms with Gasteiger partial charge in [-0.2, -0.15) is 0 Å². The average Bonchev–Trinajstić information content (AvgIpc) is 2.25. The lowest BCUT2D eigenvalue weighted by atomic mass is 10.1. The van der Waals surface area contributed by atoms with Gasteiger partial charge < -0.3 is 14.6 Å². The van der Waals surface area contributed by atoms with Crippen molar-refractivity contribution in [1.82, 2.24) is 0 Å². The SMILES string of the molecule is CCCCCCC1OCC(C(=O)O)CO1. The zero-order valence-corrected chi connectivity index (χ0v) is 9.28. The second-order valence-electron chi connectivity index (χ2n) is 3.98. The van der Waals surface area contributed by atoms with Crippen LogP contribution < -0.4 is 0 Å². The van der Waals surface area contributed by atoms with Crippen LogP contribution in [0.15, 0.2) is 0 Å². The summed E-state index contributed by atoms with van der Waals surface area (Å²) in [5, 5.41) is 8.71. The molecule has 4 nitrogen and oxygen atoms in total. The molecule has 0 bridgehead atoms. The Morgan fingerprint density at radius 3 is 2.47 bits per heavy atom. The quantitative estimate of drug-likeness (QED) is 0.690. The van der Waals surface area contributed by atoms with Crippen molar-refractivity contribution in [2.45, 2.75) is 45.3 Å².